The first-order valence-corrected chi connectivity index (χ1v) is 9.66. The second kappa shape index (κ2) is 10.2. The quantitative estimate of drug-likeness (QED) is 0.658. The van der Waals surface area contributed by atoms with Crippen LogP contribution in [0.4, 0.5) is 0 Å². The summed E-state index contributed by atoms with van der Waals surface area (Å²) >= 11 is 1.76. The lowest BCUT2D eigenvalue weighted by atomic mass is 9.95. The molecule has 1 aliphatic rings. The second-order valence-corrected chi connectivity index (χ2v) is 7.71. The molecular weight excluding hydrogens is 397 g/mol. The largest absolute Gasteiger partial charge is 0.326 e. The molecule has 3 aromatic rings. The van der Waals surface area contributed by atoms with Gasteiger partial charge in [-0.2, -0.15) is 0 Å². The van der Waals surface area contributed by atoms with E-state index in [1.54, 1.807) is 11.3 Å². The van der Waals surface area contributed by atoms with Crippen molar-refractivity contribution in [2.75, 3.05) is 13.1 Å². The van der Waals surface area contributed by atoms with Gasteiger partial charge in [-0.1, -0.05) is 60.7 Å². The smallest absolute Gasteiger partial charge is 0.0972 e. The Bertz CT molecular complexity index is 811. The molecule has 1 aromatic heterocycles. The van der Waals surface area contributed by atoms with E-state index in [0.29, 0.717) is 5.92 Å². The third-order valence-electron chi connectivity index (χ3n) is 4.85. The Balaban J connectivity index is 0.00000131. The number of nitrogens with zero attached hydrogens (tertiary/aromatic N) is 2. The van der Waals surface area contributed by atoms with E-state index in [-0.39, 0.29) is 30.9 Å². The summed E-state index contributed by atoms with van der Waals surface area (Å²) in [4.78, 5) is 7.26. The third-order valence-corrected chi connectivity index (χ3v) is 5.75. The fourth-order valence-electron chi connectivity index (χ4n) is 3.60. The average Bonchev–Trinajstić information content (AvgIpc) is 3.23. The Hall–Kier alpha value is -1.43. The molecule has 0 amide bonds. The standard InChI is InChI=1S/C21H23N3S.2ClH/c22-20-14-24(13-19(20)17-9-5-2-6-10-17)12-18-15-25-21(23-18)11-16-7-3-1-4-8-16;;/h1-10,15,19-20H,11-14,22H2;2*1H/t19-,20+;;/m0../s1. The van der Waals surface area contributed by atoms with Crippen molar-refractivity contribution in [2.24, 2.45) is 5.73 Å². The summed E-state index contributed by atoms with van der Waals surface area (Å²) in [7, 11) is 0. The first-order valence-electron chi connectivity index (χ1n) is 8.78. The zero-order valence-electron chi connectivity index (χ0n) is 15.0. The van der Waals surface area contributed by atoms with Gasteiger partial charge >= 0.3 is 0 Å². The number of nitrogens with two attached hydrogens (primary N) is 1. The molecule has 144 valence electrons. The van der Waals surface area contributed by atoms with Gasteiger partial charge in [0.05, 0.1) is 10.7 Å². The van der Waals surface area contributed by atoms with E-state index in [1.807, 2.05) is 0 Å². The number of hydrogen-bond acceptors (Lipinski definition) is 4. The summed E-state index contributed by atoms with van der Waals surface area (Å²) in [6.45, 7) is 2.84. The molecule has 1 fully saturated rings. The monoisotopic (exact) mass is 421 g/mol. The fourth-order valence-corrected chi connectivity index (χ4v) is 4.42. The van der Waals surface area contributed by atoms with Crippen molar-refractivity contribution < 1.29 is 0 Å². The number of rotatable bonds is 5. The molecule has 1 saturated heterocycles. The highest BCUT2D eigenvalue weighted by Gasteiger charge is 2.31. The Morgan fingerprint density at radius 1 is 0.963 bits per heavy atom. The zero-order valence-corrected chi connectivity index (χ0v) is 17.5. The van der Waals surface area contributed by atoms with Gasteiger partial charge in [-0.15, -0.1) is 36.2 Å². The van der Waals surface area contributed by atoms with Gasteiger partial charge in [-0.3, -0.25) is 4.90 Å². The summed E-state index contributed by atoms with van der Waals surface area (Å²) < 4.78 is 0. The van der Waals surface area contributed by atoms with Crippen LogP contribution in [0.25, 0.3) is 0 Å². The molecule has 0 spiro atoms. The molecule has 4 rings (SSSR count). The minimum atomic E-state index is 0. The number of likely N-dealkylation sites (tertiary alicyclic amines) is 1. The average molecular weight is 422 g/mol. The van der Waals surface area contributed by atoms with Crippen LogP contribution < -0.4 is 5.73 Å². The molecule has 0 bridgehead atoms. The van der Waals surface area contributed by atoms with E-state index in [9.17, 15) is 0 Å². The topological polar surface area (TPSA) is 42.1 Å². The van der Waals surface area contributed by atoms with Crippen LogP contribution in [0.5, 0.6) is 0 Å². The van der Waals surface area contributed by atoms with Gasteiger partial charge < -0.3 is 5.73 Å². The Kier molecular flexibility index (Phi) is 8.27. The van der Waals surface area contributed by atoms with Crippen LogP contribution in [0.15, 0.2) is 66.0 Å². The molecule has 0 saturated carbocycles. The lowest BCUT2D eigenvalue weighted by molar-refractivity contribution is 0.320. The van der Waals surface area contributed by atoms with Crippen molar-refractivity contribution in [1.82, 2.24) is 9.88 Å². The maximum atomic E-state index is 6.40. The highest BCUT2D eigenvalue weighted by molar-refractivity contribution is 7.09. The molecule has 2 atom stereocenters. The summed E-state index contributed by atoms with van der Waals surface area (Å²) in [5.41, 5.74) is 10.2. The first-order chi connectivity index (χ1) is 12.3. The SMILES string of the molecule is Cl.Cl.N[C@@H]1CN(Cc2csc(Cc3ccccc3)n2)C[C@H]1c1ccccc1. The van der Waals surface area contributed by atoms with Crippen LogP contribution in [0.3, 0.4) is 0 Å². The summed E-state index contributed by atoms with van der Waals surface area (Å²) in [6, 6.07) is 21.4. The lowest BCUT2D eigenvalue weighted by Gasteiger charge is -2.15. The molecule has 3 nitrogen and oxygen atoms in total. The molecule has 1 aliphatic heterocycles. The molecule has 6 heteroatoms. The van der Waals surface area contributed by atoms with E-state index in [2.05, 4.69) is 70.9 Å². The predicted molar refractivity (Wildman–Crippen MR) is 118 cm³/mol. The van der Waals surface area contributed by atoms with Gasteiger partial charge in [0, 0.05) is 43.4 Å². The van der Waals surface area contributed by atoms with Gasteiger partial charge in [-0.05, 0) is 11.1 Å². The van der Waals surface area contributed by atoms with Crippen molar-refractivity contribution in [3.05, 3.63) is 87.9 Å². The van der Waals surface area contributed by atoms with Crippen LogP contribution in [-0.4, -0.2) is 29.0 Å². The van der Waals surface area contributed by atoms with E-state index >= 15 is 0 Å². The third kappa shape index (κ3) is 5.53. The second-order valence-electron chi connectivity index (χ2n) is 6.77. The normalized spacial score (nSPS) is 19.3. The van der Waals surface area contributed by atoms with Gasteiger partial charge in [0.25, 0.3) is 0 Å². The minimum absolute atomic E-state index is 0. The highest BCUT2D eigenvalue weighted by atomic mass is 35.5. The van der Waals surface area contributed by atoms with Gasteiger partial charge in [0.2, 0.25) is 0 Å². The number of halogens is 2. The van der Waals surface area contributed by atoms with Crippen molar-refractivity contribution in [3.8, 4) is 0 Å². The Morgan fingerprint density at radius 2 is 1.63 bits per heavy atom. The van der Waals surface area contributed by atoms with E-state index in [1.165, 1.54) is 16.1 Å². The molecule has 27 heavy (non-hydrogen) atoms. The lowest BCUT2D eigenvalue weighted by Crippen LogP contribution is -2.28. The number of aromatic nitrogens is 1. The molecule has 0 aliphatic carbocycles. The van der Waals surface area contributed by atoms with Crippen LogP contribution in [0.2, 0.25) is 0 Å². The van der Waals surface area contributed by atoms with E-state index in [0.717, 1.165) is 31.7 Å². The van der Waals surface area contributed by atoms with Gasteiger partial charge in [0.1, 0.15) is 0 Å². The van der Waals surface area contributed by atoms with Crippen LogP contribution in [-0.2, 0) is 13.0 Å². The van der Waals surface area contributed by atoms with Crippen LogP contribution in [0.1, 0.15) is 27.7 Å². The van der Waals surface area contributed by atoms with Crippen molar-refractivity contribution in [3.63, 3.8) is 0 Å². The molecule has 0 radical (unpaired) electrons. The van der Waals surface area contributed by atoms with Gasteiger partial charge in [0.15, 0.2) is 0 Å². The predicted octanol–water partition coefficient (Wildman–Crippen LogP) is 4.50. The molecule has 0 unspecified atom stereocenters. The summed E-state index contributed by atoms with van der Waals surface area (Å²) in [5.74, 6) is 0.420. The van der Waals surface area contributed by atoms with Crippen LogP contribution >= 0.6 is 36.2 Å². The first kappa shape index (κ1) is 21.9. The highest BCUT2D eigenvalue weighted by Crippen LogP contribution is 2.27. The molecule has 2 heterocycles. The zero-order chi connectivity index (χ0) is 17.1. The molecular formula is C21H25Cl2N3S. The van der Waals surface area contributed by atoms with Crippen molar-refractivity contribution >= 4 is 36.2 Å². The van der Waals surface area contributed by atoms with E-state index in [4.69, 9.17) is 10.7 Å². The summed E-state index contributed by atoms with van der Waals surface area (Å²) in [6.07, 6.45) is 0.914. The Labute approximate surface area is 177 Å². The molecule has 2 aromatic carbocycles. The number of benzene rings is 2. The summed E-state index contributed by atoms with van der Waals surface area (Å²) in [5, 5.41) is 3.38. The minimum Gasteiger partial charge on any atom is -0.326 e. The maximum Gasteiger partial charge on any atom is 0.0972 e. The fraction of sp³-hybridized carbons (Fsp3) is 0.286. The van der Waals surface area contributed by atoms with Gasteiger partial charge in [-0.25, -0.2) is 4.98 Å². The number of thiazole rings is 1. The molecule has 2 N–H and O–H groups in total. The maximum absolute atomic E-state index is 6.40. The number of hydrogen-bond donors (Lipinski definition) is 1. The van der Waals surface area contributed by atoms with Crippen molar-refractivity contribution in [2.45, 2.75) is 24.9 Å². The van der Waals surface area contributed by atoms with Crippen molar-refractivity contribution in [1.29, 1.82) is 0 Å². The van der Waals surface area contributed by atoms with Crippen LogP contribution in [0, 0.1) is 0 Å². The van der Waals surface area contributed by atoms with E-state index < -0.39 is 0 Å². The Morgan fingerprint density at radius 3 is 2.33 bits per heavy atom.